The van der Waals surface area contributed by atoms with Crippen LogP contribution in [-0.2, 0) is 0 Å². The number of benzene rings is 2. The summed E-state index contributed by atoms with van der Waals surface area (Å²) in [5.41, 5.74) is 3.95. The maximum absolute atomic E-state index is 12.1. The molecule has 0 fully saturated rings. The lowest BCUT2D eigenvalue weighted by atomic mass is 10.2. The molecule has 1 amide bonds. The summed E-state index contributed by atoms with van der Waals surface area (Å²) >= 11 is 4.42. The molecular formula is C18H18I2N2O3. The minimum atomic E-state index is -0.267. The van der Waals surface area contributed by atoms with Crippen LogP contribution in [0.15, 0.2) is 41.5 Å². The normalized spacial score (nSPS) is 10.7. The standard InChI is InChI=1S/C18H18I2N2O3/c1-3-8-25-14-6-4-13(5-7-14)18(23)22-21-11-12-9-15(19)17(24-2)16(20)10-12/h4-7,9-11H,3,8H2,1-2H3,(H,22,23)/b21-11-. The Morgan fingerprint density at radius 2 is 1.84 bits per heavy atom. The quantitative estimate of drug-likeness (QED) is 0.307. The van der Waals surface area contributed by atoms with Crippen LogP contribution in [0.2, 0.25) is 0 Å². The van der Waals surface area contributed by atoms with Crippen molar-refractivity contribution in [1.29, 1.82) is 0 Å². The molecule has 2 aromatic carbocycles. The van der Waals surface area contributed by atoms with Gasteiger partial charge < -0.3 is 9.47 Å². The van der Waals surface area contributed by atoms with Gasteiger partial charge in [0.15, 0.2) is 0 Å². The van der Waals surface area contributed by atoms with Gasteiger partial charge in [0, 0.05) is 5.56 Å². The van der Waals surface area contributed by atoms with Crippen molar-refractivity contribution in [1.82, 2.24) is 5.43 Å². The van der Waals surface area contributed by atoms with Crippen LogP contribution in [0.5, 0.6) is 11.5 Å². The second kappa shape index (κ2) is 9.95. The molecule has 2 rings (SSSR count). The largest absolute Gasteiger partial charge is 0.495 e. The van der Waals surface area contributed by atoms with Gasteiger partial charge in [0.2, 0.25) is 0 Å². The van der Waals surface area contributed by atoms with Crippen molar-refractivity contribution in [3.8, 4) is 11.5 Å². The van der Waals surface area contributed by atoms with Crippen molar-refractivity contribution in [3.63, 3.8) is 0 Å². The molecule has 0 saturated carbocycles. The Morgan fingerprint density at radius 3 is 2.40 bits per heavy atom. The number of amides is 1. The summed E-state index contributed by atoms with van der Waals surface area (Å²) in [6.45, 7) is 2.71. The molecule has 0 spiro atoms. The fourth-order valence-corrected chi connectivity index (χ4v) is 4.26. The summed E-state index contributed by atoms with van der Waals surface area (Å²) in [6, 6.07) is 10.9. The molecule has 5 nitrogen and oxygen atoms in total. The van der Waals surface area contributed by atoms with E-state index in [9.17, 15) is 4.79 Å². The molecule has 0 heterocycles. The highest BCUT2D eigenvalue weighted by atomic mass is 127. The highest BCUT2D eigenvalue weighted by Gasteiger charge is 2.07. The first-order valence-corrected chi connectivity index (χ1v) is 9.80. The Hall–Kier alpha value is -1.36. The SMILES string of the molecule is CCCOc1ccc(C(=O)N/N=C\c2cc(I)c(OC)c(I)c2)cc1. The van der Waals surface area contributed by atoms with Gasteiger partial charge in [-0.25, -0.2) is 5.43 Å². The summed E-state index contributed by atoms with van der Waals surface area (Å²) in [7, 11) is 1.65. The van der Waals surface area contributed by atoms with Gasteiger partial charge in [-0.05, 0) is 93.6 Å². The smallest absolute Gasteiger partial charge is 0.271 e. The second-order valence-corrected chi connectivity index (χ2v) is 7.41. The number of carbonyl (C=O) groups is 1. The van der Waals surface area contributed by atoms with E-state index < -0.39 is 0 Å². The topological polar surface area (TPSA) is 59.9 Å². The van der Waals surface area contributed by atoms with Crippen molar-refractivity contribution in [3.05, 3.63) is 54.7 Å². The number of hydrogen-bond acceptors (Lipinski definition) is 4. The molecule has 0 saturated heterocycles. The molecular weight excluding hydrogens is 546 g/mol. The third-order valence-electron chi connectivity index (χ3n) is 3.19. The second-order valence-electron chi connectivity index (χ2n) is 5.09. The van der Waals surface area contributed by atoms with Crippen LogP contribution in [0, 0.1) is 7.14 Å². The lowest BCUT2D eigenvalue weighted by molar-refractivity contribution is 0.0955. The number of halogens is 2. The minimum absolute atomic E-state index is 0.267. The Balaban J connectivity index is 1.98. The van der Waals surface area contributed by atoms with E-state index in [1.54, 1.807) is 37.6 Å². The maximum Gasteiger partial charge on any atom is 0.271 e. The van der Waals surface area contributed by atoms with Gasteiger partial charge in [0.1, 0.15) is 11.5 Å². The van der Waals surface area contributed by atoms with E-state index in [0.717, 1.165) is 30.6 Å². The van der Waals surface area contributed by atoms with E-state index in [0.29, 0.717) is 12.2 Å². The molecule has 7 heteroatoms. The van der Waals surface area contributed by atoms with Gasteiger partial charge in [0.25, 0.3) is 5.91 Å². The lowest BCUT2D eigenvalue weighted by Crippen LogP contribution is -2.17. The van der Waals surface area contributed by atoms with E-state index in [1.807, 2.05) is 19.1 Å². The minimum Gasteiger partial charge on any atom is -0.495 e. The zero-order chi connectivity index (χ0) is 18.2. The monoisotopic (exact) mass is 564 g/mol. The van der Waals surface area contributed by atoms with Gasteiger partial charge in [-0.15, -0.1) is 0 Å². The van der Waals surface area contributed by atoms with Crippen molar-refractivity contribution in [2.24, 2.45) is 5.10 Å². The number of ether oxygens (including phenoxy) is 2. The summed E-state index contributed by atoms with van der Waals surface area (Å²) < 4.78 is 12.8. The van der Waals surface area contributed by atoms with Gasteiger partial charge in [-0.3, -0.25) is 4.79 Å². The van der Waals surface area contributed by atoms with Gasteiger partial charge in [-0.1, -0.05) is 6.92 Å². The van der Waals surface area contributed by atoms with Crippen LogP contribution in [0.25, 0.3) is 0 Å². The van der Waals surface area contributed by atoms with Crippen molar-refractivity contribution >= 4 is 57.3 Å². The Morgan fingerprint density at radius 1 is 1.20 bits per heavy atom. The van der Waals surface area contributed by atoms with Gasteiger partial charge in [-0.2, -0.15) is 5.10 Å². The van der Waals surface area contributed by atoms with Crippen LogP contribution >= 0.6 is 45.2 Å². The molecule has 0 unspecified atom stereocenters. The number of nitrogens with zero attached hydrogens (tertiary/aromatic N) is 1. The first-order chi connectivity index (χ1) is 12.0. The zero-order valence-corrected chi connectivity index (χ0v) is 18.2. The predicted molar refractivity (Wildman–Crippen MR) is 116 cm³/mol. The number of hydrogen-bond donors (Lipinski definition) is 1. The Kier molecular flexibility index (Phi) is 7.94. The molecule has 0 atom stereocenters. The fourth-order valence-electron chi connectivity index (χ4n) is 2.00. The third-order valence-corrected chi connectivity index (χ3v) is 4.80. The summed E-state index contributed by atoms with van der Waals surface area (Å²) in [4.78, 5) is 12.1. The van der Waals surface area contributed by atoms with Crippen LogP contribution in [0.4, 0.5) is 0 Å². The highest BCUT2D eigenvalue weighted by Crippen LogP contribution is 2.27. The Labute approximate surface area is 174 Å². The van der Waals surface area contributed by atoms with Crippen LogP contribution < -0.4 is 14.9 Å². The van der Waals surface area contributed by atoms with E-state index >= 15 is 0 Å². The maximum atomic E-state index is 12.1. The zero-order valence-electron chi connectivity index (χ0n) is 13.9. The van der Waals surface area contributed by atoms with Crippen molar-refractivity contribution < 1.29 is 14.3 Å². The third kappa shape index (κ3) is 5.84. The molecule has 0 aliphatic rings. The highest BCUT2D eigenvalue weighted by molar-refractivity contribution is 14.1. The number of hydrazone groups is 1. The predicted octanol–water partition coefficient (Wildman–Crippen LogP) is 4.46. The van der Waals surface area contributed by atoms with Gasteiger partial charge >= 0.3 is 0 Å². The lowest BCUT2D eigenvalue weighted by Gasteiger charge is -2.07. The number of nitrogens with one attached hydrogen (secondary N) is 1. The van der Waals surface area contributed by atoms with Gasteiger partial charge in [0.05, 0.1) is 27.1 Å². The van der Waals surface area contributed by atoms with Crippen molar-refractivity contribution in [2.45, 2.75) is 13.3 Å². The average Bonchev–Trinajstić information content (AvgIpc) is 2.60. The number of methoxy groups -OCH3 is 1. The molecule has 0 aromatic heterocycles. The Bertz CT molecular complexity index is 738. The number of carbonyl (C=O) groups excluding carboxylic acids is 1. The van der Waals surface area contributed by atoms with Crippen LogP contribution in [0.1, 0.15) is 29.3 Å². The van der Waals surface area contributed by atoms with E-state index in [4.69, 9.17) is 9.47 Å². The molecule has 0 aliphatic heterocycles. The van der Waals surface area contributed by atoms with E-state index in [2.05, 4.69) is 55.7 Å². The van der Waals surface area contributed by atoms with E-state index in [-0.39, 0.29) is 5.91 Å². The molecule has 1 N–H and O–H groups in total. The first-order valence-electron chi connectivity index (χ1n) is 7.64. The summed E-state index contributed by atoms with van der Waals surface area (Å²) in [5, 5.41) is 4.02. The first kappa shape index (κ1) is 20.0. The summed E-state index contributed by atoms with van der Waals surface area (Å²) in [5.74, 6) is 1.33. The molecule has 132 valence electrons. The molecule has 0 aliphatic carbocycles. The molecule has 0 radical (unpaired) electrons. The molecule has 2 aromatic rings. The van der Waals surface area contributed by atoms with Crippen LogP contribution in [0.3, 0.4) is 0 Å². The van der Waals surface area contributed by atoms with Crippen LogP contribution in [-0.4, -0.2) is 25.8 Å². The molecule has 0 bridgehead atoms. The summed E-state index contributed by atoms with van der Waals surface area (Å²) in [6.07, 6.45) is 2.56. The fraction of sp³-hybridized carbons (Fsp3) is 0.222. The average molecular weight is 564 g/mol. The molecule has 25 heavy (non-hydrogen) atoms. The van der Waals surface area contributed by atoms with Crippen molar-refractivity contribution in [2.75, 3.05) is 13.7 Å². The van der Waals surface area contributed by atoms with E-state index in [1.165, 1.54) is 0 Å². The number of rotatable bonds is 7.